The molecule has 1 heterocycles. The van der Waals surface area contributed by atoms with Crippen molar-refractivity contribution in [1.82, 2.24) is 15.6 Å². The molecule has 0 saturated heterocycles. The van der Waals surface area contributed by atoms with Gasteiger partial charge in [-0.25, -0.2) is 4.98 Å². The number of nitrogens with one attached hydrogen (secondary N) is 2. The molecule has 156 valence electrons. The molecule has 0 unspecified atom stereocenters. The Morgan fingerprint density at radius 3 is 2.27 bits per heavy atom. The number of aryl methyl sites for hydroxylation is 1. The zero-order chi connectivity index (χ0) is 21.2. The lowest BCUT2D eigenvalue weighted by Crippen LogP contribution is -2.38. The van der Waals surface area contributed by atoms with Crippen LogP contribution in [0.15, 0.2) is 65.1 Å². The Balaban J connectivity index is 1.63. The number of carbonyl (C=O) groups is 2. The minimum atomic E-state index is -0.255. The summed E-state index contributed by atoms with van der Waals surface area (Å²) in [6.45, 7) is 0.766. The molecule has 2 N–H and O–H groups in total. The van der Waals surface area contributed by atoms with Crippen molar-refractivity contribution in [2.24, 2.45) is 0 Å². The van der Waals surface area contributed by atoms with Crippen LogP contribution in [0.3, 0.4) is 0 Å². The molecule has 0 aliphatic rings. The quantitative estimate of drug-likeness (QED) is 0.504. The number of aromatic nitrogens is 1. The first kappa shape index (κ1) is 21.3. The van der Waals surface area contributed by atoms with Crippen LogP contribution >= 0.6 is 0 Å². The lowest BCUT2D eigenvalue weighted by atomic mass is 10.1. The predicted octanol–water partition coefficient (Wildman–Crippen LogP) is 2.82. The highest BCUT2D eigenvalue weighted by Crippen LogP contribution is 2.32. The third-order valence-electron chi connectivity index (χ3n) is 4.40. The van der Waals surface area contributed by atoms with Gasteiger partial charge in [-0.2, -0.15) is 0 Å². The monoisotopic (exact) mass is 407 g/mol. The molecule has 7 nitrogen and oxygen atoms in total. The Bertz CT molecular complexity index is 898. The summed E-state index contributed by atoms with van der Waals surface area (Å²) in [5.74, 6) is 0.661. The van der Waals surface area contributed by atoms with Gasteiger partial charge >= 0.3 is 0 Å². The molecule has 0 bridgehead atoms. The summed E-state index contributed by atoms with van der Waals surface area (Å²) >= 11 is 0. The Morgan fingerprint density at radius 1 is 0.933 bits per heavy atom. The Morgan fingerprint density at radius 2 is 1.60 bits per heavy atom. The smallest absolute Gasteiger partial charge is 0.239 e. The van der Waals surface area contributed by atoms with Crippen molar-refractivity contribution in [3.63, 3.8) is 0 Å². The van der Waals surface area contributed by atoms with Crippen LogP contribution in [0.4, 0.5) is 0 Å². The van der Waals surface area contributed by atoms with E-state index in [1.807, 2.05) is 60.7 Å². The van der Waals surface area contributed by atoms with Gasteiger partial charge in [-0.3, -0.25) is 9.59 Å². The van der Waals surface area contributed by atoms with Crippen molar-refractivity contribution < 1.29 is 18.7 Å². The van der Waals surface area contributed by atoms with Gasteiger partial charge in [0.2, 0.25) is 11.8 Å². The molecule has 3 rings (SSSR count). The molecule has 3 aromatic rings. The lowest BCUT2D eigenvalue weighted by Gasteiger charge is -2.05. The van der Waals surface area contributed by atoms with E-state index in [2.05, 4.69) is 15.6 Å². The largest absolute Gasteiger partial charge is 0.440 e. The molecule has 7 heteroatoms. The predicted molar refractivity (Wildman–Crippen MR) is 114 cm³/mol. The first-order valence-corrected chi connectivity index (χ1v) is 9.80. The minimum absolute atomic E-state index is 0.0708. The second-order valence-electron chi connectivity index (χ2n) is 6.64. The van der Waals surface area contributed by atoms with Crippen molar-refractivity contribution >= 4 is 11.8 Å². The van der Waals surface area contributed by atoms with E-state index in [0.717, 1.165) is 16.8 Å². The topological polar surface area (TPSA) is 93.5 Å². The summed E-state index contributed by atoms with van der Waals surface area (Å²) in [7, 11) is 1.56. The van der Waals surface area contributed by atoms with Crippen molar-refractivity contribution in [2.75, 3.05) is 26.8 Å². The molecule has 0 aliphatic carbocycles. The van der Waals surface area contributed by atoms with Crippen LogP contribution in [0.25, 0.3) is 22.6 Å². The average molecular weight is 407 g/mol. The van der Waals surface area contributed by atoms with Crippen molar-refractivity contribution in [2.45, 2.75) is 12.8 Å². The van der Waals surface area contributed by atoms with Gasteiger partial charge in [0.1, 0.15) is 5.69 Å². The standard InChI is InChI=1S/C23H25N3O4/c1-29-15-14-24-20(28)16-25-19(27)12-13-21-26-22(17-8-4-2-5-9-17)23(30-21)18-10-6-3-7-11-18/h2-11H,12-16H2,1H3,(H,24,28)(H,25,27). The number of ether oxygens (including phenoxy) is 1. The van der Waals surface area contributed by atoms with E-state index >= 15 is 0 Å². The van der Waals surface area contributed by atoms with Gasteiger partial charge in [0.15, 0.2) is 11.7 Å². The second kappa shape index (κ2) is 10.9. The van der Waals surface area contributed by atoms with Crippen LogP contribution in [-0.2, 0) is 20.7 Å². The molecule has 2 amide bonds. The highest BCUT2D eigenvalue weighted by atomic mass is 16.5. The van der Waals surface area contributed by atoms with Crippen molar-refractivity contribution in [3.8, 4) is 22.6 Å². The molecular weight excluding hydrogens is 382 g/mol. The van der Waals surface area contributed by atoms with E-state index in [1.54, 1.807) is 7.11 Å². The van der Waals surface area contributed by atoms with E-state index in [9.17, 15) is 9.59 Å². The zero-order valence-electron chi connectivity index (χ0n) is 16.9. The number of hydrogen-bond donors (Lipinski definition) is 2. The molecule has 0 spiro atoms. The zero-order valence-corrected chi connectivity index (χ0v) is 16.9. The number of carbonyl (C=O) groups excluding carboxylic acids is 2. The van der Waals surface area contributed by atoms with Gasteiger partial charge in [0.25, 0.3) is 0 Å². The average Bonchev–Trinajstić information content (AvgIpc) is 3.22. The van der Waals surface area contributed by atoms with Crippen LogP contribution in [0.1, 0.15) is 12.3 Å². The van der Waals surface area contributed by atoms with Gasteiger partial charge in [-0.05, 0) is 0 Å². The van der Waals surface area contributed by atoms with E-state index in [1.165, 1.54) is 0 Å². The maximum absolute atomic E-state index is 12.1. The van der Waals surface area contributed by atoms with Gasteiger partial charge in [-0.1, -0.05) is 60.7 Å². The molecule has 0 fully saturated rings. The maximum atomic E-state index is 12.1. The van der Waals surface area contributed by atoms with Gasteiger partial charge in [0.05, 0.1) is 13.2 Å². The van der Waals surface area contributed by atoms with E-state index in [0.29, 0.717) is 31.2 Å². The number of rotatable bonds is 10. The summed E-state index contributed by atoms with van der Waals surface area (Å²) in [4.78, 5) is 28.4. The van der Waals surface area contributed by atoms with E-state index in [4.69, 9.17) is 9.15 Å². The summed E-state index contributed by atoms with van der Waals surface area (Å²) < 4.78 is 10.9. The number of nitrogens with zero attached hydrogens (tertiary/aromatic N) is 1. The Kier molecular flexibility index (Phi) is 7.74. The number of oxazole rings is 1. The van der Waals surface area contributed by atoms with Crippen LogP contribution < -0.4 is 10.6 Å². The van der Waals surface area contributed by atoms with Gasteiger partial charge < -0.3 is 19.8 Å². The Hall–Kier alpha value is -3.45. The van der Waals surface area contributed by atoms with E-state index in [-0.39, 0.29) is 24.8 Å². The number of amides is 2. The van der Waals surface area contributed by atoms with Crippen LogP contribution in [0.2, 0.25) is 0 Å². The molecule has 0 saturated carbocycles. The van der Waals surface area contributed by atoms with Crippen molar-refractivity contribution in [3.05, 3.63) is 66.6 Å². The fourth-order valence-corrected chi connectivity index (χ4v) is 2.89. The van der Waals surface area contributed by atoms with Crippen LogP contribution in [0.5, 0.6) is 0 Å². The van der Waals surface area contributed by atoms with Crippen LogP contribution in [-0.4, -0.2) is 43.6 Å². The number of hydrogen-bond acceptors (Lipinski definition) is 5. The Labute approximate surface area is 175 Å². The molecule has 0 radical (unpaired) electrons. The van der Waals surface area contributed by atoms with Crippen molar-refractivity contribution in [1.29, 1.82) is 0 Å². The summed E-state index contributed by atoms with van der Waals surface area (Å²) in [6, 6.07) is 19.5. The summed E-state index contributed by atoms with van der Waals surface area (Å²) in [5.41, 5.74) is 2.62. The third-order valence-corrected chi connectivity index (χ3v) is 4.40. The van der Waals surface area contributed by atoms with Gasteiger partial charge in [0, 0.05) is 37.6 Å². The van der Waals surface area contributed by atoms with E-state index < -0.39 is 0 Å². The maximum Gasteiger partial charge on any atom is 0.239 e. The first-order chi connectivity index (χ1) is 14.7. The third kappa shape index (κ3) is 6.02. The number of benzene rings is 2. The lowest BCUT2D eigenvalue weighted by molar-refractivity contribution is -0.126. The van der Waals surface area contributed by atoms with Gasteiger partial charge in [-0.15, -0.1) is 0 Å². The fourth-order valence-electron chi connectivity index (χ4n) is 2.89. The molecule has 30 heavy (non-hydrogen) atoms. The molecular formula is C23H25N3O4. The second-order valence-corrected chi connectivity index (χ2v) is 6.64. The summed E-state index contributed by atoms with van der Waals surface area (Å²) in [5, 5.41) is 5.25. The molecule has 2 aromatic carbocycles. The number of methoxy groups -OCH3 is 1. The molecule has 0 aliphatic heterocycles. The first-order valence-electron chi connectivity index (χ1n) is 9.80. The normalized spacial score (nSPS) is 10.6. The molecule has 0 atom stereocenters. The van der Waals surface area contributed by atoms with Crippen LogP contribution in [0, 0.1) is 0 Å². The fraction of sp³-hybridized carbons (Fsp3) is 0.261. The highest BCUT2D eigenvalue weighted by Gasteiger charge is 2.17. The summed E-state index contributed by atoms with van der Waals surface area (Å²) in [6.07, 6.45) is 0.512. The SMILES string of the molecule is COCCNC(=O)CNC(=O)CCc1nc(-c2ccccc2)c(-c2ccccc2)o1. The highest BCUT2D eigenvalue weighted by molar-refractivity contribution is 5.84. The minimum Gasteiger partial charge on any atom is -0.440 e. The molecule has 1 aromatic heterocycles.